The average molecular weight is 241 g/mol. The van der Waals surface area contributed by atoms with Crippen molar-refractivity contribution in [3.8, 4) is 0 Å². The minimum atomic E-state index is -1.10. The van der Waals surface area contributed by atoms with Crippen LogP contribution in [0.2, 0.25) is 0 Å². The maximum Gasteiger partial charge on any atom is 0.254 e. The Morgan fingerprint density at radius 1 is 1.29 bits per heavy atom. The zero-order chi connectivity index (χ0) is 12.3. The van der Waals surface area contributed by atoms with Crippen molar-refractivity contribution in [1.29, 1.82) is 0 Å². The third-order valence-electron chi connectivity index (χ3n) is 2.75. The molecular weight excluding hydrogens is 228 g/mol. The Balaban J connectivity index is 2.06. The molecule has 0 unspecified atom stereocenters. The summed E-state index contributed by atoms with van der Waals surface area (Å²) in [6.07, 6.45) is 1.39. The van der Waals surface area contributed by atoms with Crippen LogP contribution in [0.25, 0.3) is 0 Å². The maximum atomic E-state index is 13.3. The molecule has 0 aromatic heterocycles. The Labute approximate surface area is 97.8 Å². The molecule has 1 aliphatic heterocycles. The lowest BCUT2D eigenvalue weighted by atomic mass is 10.1. The van der Waals surface area contributed by atoms with Crippen molar-refractivity contribution < 1.29 is 18.3 Å². The summed E-state index contributed by atoms with van der Waals surface area (Å²) < 4.78 is 31.4. The molecule has 5 heteroatoms. The van der Waals surface area contributed by atoms with Gasteiger partial charge in [-0.15, -0.1) is 0 Å². The van der Waals surface area contributed by atoms with Gasteiger partial charge in [0.15, 0.2) is 11.6 Å². The number of carbonyl (C=O) groups is 1. The largest absolute Gasteiger partial charge is 0.381 e. The lowest BCUT2D eigenvalue weighted by Gasteiger charge is -2.23. The summed E-state index contributed by atoms with van der Waals surface area (Å²) in [4.78, 5) is 11.7. The van der Waals surface area contributed by atoms with E-state index in [1.807, 2.05) is 0 Å². The van der Waals surface area contributed by atoms with E-state index < -0.39 is 17.5 Å². The molecule has 0 bridgehead atoms. The predicted octanol–water partition coefficient (Wildman–Crippen LogP) is 1.87. The Kier molecular flexibility index (Phi) is 3.68. The summed E-state index contributed by atoms with van der Waals surface area (Å²) in [5, 5.41) is 2.68. The number of hydrogen-bond donors (Lipinski definition) is 1. The molecule has 17 heavy (non-hydrogen) atoms. The average Bonchev–Trinajstić information content (AvgIpc) is 2.34. The number of rotatable bonds is 2. The van der Waals surface area contributed by atoms with Gasteiger partial charge in [-0.25, -0.2) is 8.78 Å². The number of carbonyl (C=O) groups excluding carboxylic acids is 1. The molecule has 1 heterocycles. The Bertz CT molecular complexity index is 417. The normalized spacial score (nSPS) is 16.8. The van der Waals surface area contributed by atoms with Gasteiger partial charge in [-0.1, -0.05) is 6.07 Å². The van der Waals surface area contributed by atoms with Crippen molar-refractivity contribution in [1.82, 2.24) is 5.32 Å². The fraction of sp³-hybridized carbons (Fsp3) is 0.417. The predicted molar refractivity (Wildman–Crippen MR) is 57.7 cm³/mol. The van der Waals surface area contributed by atoms with E-state index >= 15 is 0 Å². The van der Waals surface area contributed by atoms with Gasteiger partial charge >= 0.3 is 0 Å². The summed E-state index contributed by atoms with van der Waals surface area (Å²) in [6, 6.07) is 3.55. The molecule has 3 nitrogen and oxygen atoms in total. The highest BCUT2D eigenvalue weighted by Gasteiger charge is 2.20. The lowest BCUT2D eigenvalue weighted by Crippen LogP contribution is -2.39. The SMILES string of the molecule is O=C(NC1CCOCC1)c1cccc(F)c1F. The first-order chi connectivity index (χ1) is 8.18. The quantitative estimate of drug-likeness (QED) is 0.858. The molecule has 92 valence electrons. The fourth-order valence-electron chi connectivity index (χ4n) is 1.78. The molecule has 2 rings (SSSR count). The third-order valence-corrected chi connectivity index (χ3v) is 2.75. The van der Waals surface area contributed by atoms with Crippen LogP contribution in [0.4, 0.5) is 8.78 Å². The van der Waals surface area contributed by atoms with Gasteiger partial charge in [-0.05, 0) is 25.0 Å². The van der Waals surface area contributed by atoms with E-state index in [0.29, 0.717) is 26.1 Å². The second-order valence-electron chi connectivity index (χ2n) is 3.96. The highest BCUT2D eigenvalue weighted by atomic mass is 19.2. The van der Waals surface area contributed by atoms with E-state index in [1.54, 1.807) is 0 Å². The van der Waals surface area contributed by atoms with Crippen molar-refractivity contribution in [2.75, 3.05) is 13.2 Å². The molecule has 1 aromatic carbocycles. The van der Waals surface area contributed by atoms with Crippen LogP contribution >= 0.6 is 0 Å². The van der Waals surface area contributed by atoms with Crippen molar-refractivity contribution in [2.24, 2.45) is 0 Å². The highest BCUT2D eigenvalue weighted by Crippen LogP contribution is 2.13. The van der Waals surface area contributed by atoms with E-state index in [-0.39, 0.29) is 11.6 Å². The Hall–Kier alpha value is -1.49. The van der Waals surface area contributed by atoms with Crippen LogP contribution < -0.4 is 5.32 Å². The van der Waals surface area contributed by atoms with Crippen LogP contribution in [0.5, 0.6) is 0 Å². The summed E-state index contributed by atoms with van der Waals surface area (Å²) in [6.45, 7) is 1.16. The van der Waals surface area contributed by atoms with Crippen LogP contribution in [0.3, 0.4) is 0 Å². The maximum absolute atomic E-state index is 13.3. The zero-order valence-electron chi connectivity index (χ0n) is 9.21. The second-order valence-corrected chi connectivity index (χ2v) is 3.96. The second kappa shape index (κ2) is 5.23. The number of benzene rings is 1. The van der Waals surface area contributed by atoms with Gasteiger partial charge in [0.1, 0.15) is 0 Å². The van der Waals surface area contributed by atoms with Crippen LogP contribution in [0.1, 0.15) is 23.2 Å². The number of halogens is 2. The van der Waals surface area contributed by atoms with E-state index in [2.05, 4.69) is 5.32 Å². The van der Waals surface area contributed by atoms with Gasteiger partial charge in [0.25, 0.3) is 5.91 Å². The minimum absolute atomic E-state index is 0.0288. The molecule has 0 radical (unpaired) electrons. The van der Waals surface area contributed by atoms with Crippen molar-refractivity contribution in [3.63, 3.8) is 0 Å². The van der Waals surface area contributed by atoms with Gasteiger partial charge in [0, 0.05) is 19.3 Å². The number of nitrogens with one attached hydrogen (secondary N) is 1. The first-order valence-electron chi connectivity index (χ1n) is 5.51. The van der Waals surface area contributed by atoms with Crippen LogP contribution in [-0.2, 0) is 4.74 Å². The molecule has 0 atom stereocenters. The molecule has 1 N–H and O–H groups in total. The van der Waals surface area contributed by atoms with Gasteiger partial charge in [0.2, 0.25) is 0 Å². The minimum Gasteiger partial charge on any atom is -0.381 e. The van der Waals surface area contributed by atoms with E-state index in [4.69, 9.17) is 4.74 Å². The van der Waals surface area contributed by atoms with Crippen molar-refractivity contribution in [3.05, 3.63) is 35.4 Å². The summed E-state index contributed by atoms with van der Waals surface area (Å²) in [7, 11) is 0. The summed E-state index contributed by atoms with van der Waals surface area (Å²) in [5.41, 5.74) is -0.253. The molecule has 0 aliphatic carbocycles. The molecule has 1 saturated heterocycles. The van der Waals surface area contributed by atoms with Gasteiger partial charge in [0.05, 0.1) is 5.56 Å². The molecular formula is C12H13F2NO2. The number of hydrogen-bond acceptors (Lipinski definition) is 2. The van der Waals surface area contributed by atoms with E-state index in [9.17, 15) is 13.6 Å². The van der Waals surface area contributed by atoms with Crippen molar-refractivity contribution >= 4 is 5.91 Å². The molecule has 1 aromatic rings. The molecule has 0 spiro atoms. The standard InChI is InChI=1S/C12H13F2NO2/c13-10-3-1-2-9(11(10)14)12(16)15-8-4-6-17-7-5-8/h1-3,8H,4-7H2,(H,15,16). The number of amides is 1. The smallest absolute Gasteiger partial charge is 0.254 e. The lowest BCUT2D eigenvalue weighted by molar-refractivity contribution is 0.0694. The van der Waals surface area contributed by atoms with Crippen LogP contribution in [0.15, 0.2) is 18.2 Å². The summed E-state index contributed by atoms with van der Waals surface area (Å²) in [5.74, 6) is -2.68. The first kappa shape index (κ1) is 12.0. The van der Waals surface area contributed by atoms with Gasteiger partial charge in [-0.2, -0.15) is 0 Å². The highest BCUT2D eigenvalue weighted by molar-refractivity contribution is 5.94. The monoisotopic (exact) mass is 241 g/mol. The summed E-state index contributed by atoms with van der Waals surface area (Å²) >= 11 is 0. The molecule has 0 saturated carbocycles. The fourth-order valence-corrected chi connectivity index (χ4v) is 1.78. The third kappa shape index (κ3) is 2.79. The Morgan fingerprint density at radius 3 is 2.71 bits per heavy atom. The molecule has 1 fully saturated rings. The molecule has 1 amide bonds. The Morgan fingerprint density at radius 2 is 2.00 bits per heavy atom. The van der Waals surface area contributed by atoms with E-state index in [1.165, 1.54) is 12.1 Å². The molecule has 1 aliphatic rings. The first-order valence-corrected chi connectivity index (χ1v) is 5.51. The van der Waals surface area contributed by atoms with E-state index in [0.717, 1.165) is 6.07 Å². The van der Waals surface area contributed by atoms with Crippen molar-refractivity contribution in [2.45, 2.75) is 18.9 Å². The topological polar surface area (TPSA) is 38.3 Å². The number of ether oxygens (including phenoxy) is 1. The van der Waals surface area contributed by atoms with Gasteiger partial charge < -0.3 is 10.1 Å². The van der Waals surface area contributed by atoms with Crippen LogP contribution in [-0.4, -0.2) is 25.2 Å². The zero-order valence-corrected chi connectivity index (χ0v) is 9.21. The van der Waals surface area contributed by atoms with Crippen LogP contribution in [0, 0.1) is 11.6 Å². The van der Waals surface area contributed by atoms with Gasteiger partial charge in [-0.3, -0.25) is 4.79 Å².